The summed E-state index contributed by atoms with van der Waals surface area (Å²) in [6, 6.07) is 3.51. The Hall–Kier alpha value is -2.32. The molecule has 1 aliphatic rings. The molecule has 0 radical (unpaired) electrons. The highest BCUT2D eigenvalue weighted by atomic mass is 16.5. The predicted molar refractivity (Wildman–Crippen MR) is 104 cm³/mol. The van der Waals surface area contributed by atoms with Crippen molar-refractivity contribution in [3.8, 4) is 5.69 Å². The normalized spacial score (nSPS) is 22.4. The number of nitrogens with one attached hydrogen (secondary N) is 1. The lowest BCUT2D eigenvalue weighted by Crippen LogP contribution is -2.47. The van der Waals surface area contributed by atoms with Gasteiger partial charge in [-0.25, -0.2) is 9.67 Å². The van der Waals surface area contributed by atoms with Crippen LogP contribution in [0.25, 0.3) is 5.69 Å². The number of rotatable bonds is 7. The fourth-order valence-corrected chi connectivity index (χ4v) is 3.67. The molecule has 3 rings (SSSR count). The minimum atomic E-state index is -0.541. The maximum absolute atomic E-state index is 12.2. The van der Waals surface area contributed by atoms with Crippen LogP contribution in [0.2, 0.25) is 0 Å². The first kappa shape index (κ1) is 20.4. The average Bonchev–Trinajstić information content (AvgIpc) is 3.08. The number of amides is 1. The molecule has 0 saturated heterocycles. The van der Waals surface area contributed by atoms with Crippen LogP contribution < -0.4 is 5.32 Å². The topological polar surface area (TPSA) is 102 Å². The molecule has 0 unspecified atom stereocenters. The molecule has 2 aromatic rings. The molecule has 2 aromatic heterocycles. The van der Waals surface area contributed by atoms with Crippen molar-refractivity contribution >= 4 is 5.91 Å². The fraction of sp³-hybridized carbons (Fsp3) is 0.600. The van der Waals surface area contributed by atoms with Gasteiger partial charge >= 0.3 is 0 Å². The first-order chi connectivity index (χ1) is 13.5. The van der Waals surface area contributed by atoms with E-state index in [-0.39, 0.29) is 23.8 Å². The quantitative estimate of drug-likeness (QED) is 0.753. The van der Waals surface area contributed by atoms with Crippen LogP contribution in [-0.2, 0) is 16.1 Å². The summed E-state index contributed by atoms with van der Waals surface area (Å²) >= 11 is 0. The third-order valence-corrected chi connectivity index (χ3v) is 4.96. The molecule has 0 aromatic carbocycles. The van der Waals surface area contributed by atoms with Gasteiger partial charge in [-0.3, -0.25) is 9.78 Å². The van der Waals surface area contributed by atoms with Crippen LogP contribution in [0.3, 0.4) is 0 Å². The molecule has 0 aliphatic heterocycles. The maximum Gasteiger partial charge on any atom is 0.220 e. The van der Waals surface area contributed by atoms with Crippen molar-refractivity contribution in [2.45, 2.75) is 64.2 Å². The Kier molecular flexibility index (Phi) is 6.74. The van der Waals surface area contributed by atoms with Gasteiger partial charge < -0.3 is 15.2 Å². The predicted octanol–water partition coefficient (Wildman–Crippen LogP) is 1.97. The summed E-state index contributed by atoms with van der Waals surface area (Å²) in [6.07, 6.45) is 5.39. The van der Waals surface area contributed by atoms with Crippen molar-refractivity contribution < 1.29 is 14.6 Å². The lowest BCUT2D eigenvalue weighted by Gasteiger charge is -2.33. The van der Waals surface area contributed by atoms with Gasteiger partial charge in [-0.1, -0.05) is 13.8 Å². The number of carbonyl (C=O) groups is 1. The van der Waals surface area contributed by atoms with Gasteiger partial charge in [-0.15, -0.1) is 5.10 Å². The van der Waals surface area contributed by atoms with Crippen LogP contribution >= 0.6 is 0 Å². The number of aromatic nitrogens is 4. The number of aliphatic hydroxyl groups excluding tert-OH is 1. The molecule has 1 fully saturated rings. The number of methoxy groups -OCH3 is 1. The second-order valence-electron chi connectivity index (χ2n) is 7.79. The van der Waals surface area contributed by atoms with E-state index in [9.17, 15) is 9.90 Å². The van der Waals surface area contributed by atoms with E-state index in [0.717, 1.165) is 17.9 Å². The molecule has 8 heteroatoms. The van der Waals surface area contributed by atoms with Gasteiger partial charge in [0.15, 0.2) is 5.82 Å². The highest BCUT2D eigenvalue weighted by Gasteiger charge is 2.34. The Balaban J connectivity index is 1.82. The van der Waals surface area contributed by atoms with Crippen molar-refractivity contribution in [3.05, 3.63) is 36.2 Å². The third-order valence-electron chi connectivity index (χ3n) is 4.96. The van der Waals surface area contributed by atoms with Crippen molar-refractivity contribution in [2.24, 2.45) is 5.92 Å². The number of hydrogen-bond donors (Lipinski definition) is 2. The van der Waals surface area contributed by atoms with Gasteiger partial charge in [0.1, 0.15) is 12.4 Å². The number of aliphatic hydroxyl groups is 1. The van der Waals surface area contributed by atoms with E-state index in [1.54, 1.807) is 24.2 Å². The average molecular weight is 387 g/mol. The fourth-order valence-electron chi connectivity index (χ4n) is 3.67. The molecule has 1 aliphatic carbocycles. The first-order valence-corrected chi connectivity index (χ1v) is 9.80. The molecule has 1 saturated carbocycles. The summed E-state index contributed by atoms with van der Waals surface area (Å²) in [5, 5.41) is 18.0. The van der Waals surface area contributed by atoms with Gasteiger partial charge in [0, 0.05) is 25.6 Å². The monoisotopic (exact) mass is 387 g/mol. The summed E-state index contributed by atoms with van der Waals surface area (Å²) in [7, 11) is 1.61. The smallest absolute Gasteiger partial charge is 0.220 e. The molecule has 1 amide bonds. The molecule has 2 N–H and O–H groups in total. The van der Waals surface area contributed by atoms with Crippen LogP contribution in [0, 0.1) is 5.92 Å². The molecule has 0 spiro atoms. The van der Waals surface area contributed by atoms with E-state index in [2.05, 4.69) is 15.4 Å². The standard InChI is InChI=1S/C20H29N5O3/c1-13(2)9-19(27)22-16-10-14(6-7-17(16)26)20-23-18(12-28-3)24-25(20)15-5-4-8-21-11-15/h4-5,8,11,13-14,16-17,26H,6-7,9-10,12H2,1-3H3,(H,22,27)/t14-,16+,17+/m0/s1. The molecule has 28 heavy (non-hydrogen) atoms. The zero-order valence-electron chi connectivity index (χ0n) is 16.7. The highest BCUT2D eigenvalue weighted by Crippen LogP contribution is 2.33. The Morgan fingerprint density at radius 1 is 1.43 bits per heavy atom. The van der Waals surface area contributed by atoms with Crippen LogP contribution in [-0.4, -0.2) is 50.0 Å². The van der Waals surface area contributed by atoms with Crippen LogP contribution in [0.1, 0.15) is 57.1 Å². The van der Waals surface area contributed by atoms with Crippen LogP contribution in [0.4, 0.5) is 0 Å². The van der Waals surface area contributed by atoms with Crippen LogP contribution in [0.15, 0.2) is 24.5 Å². The third kappa shape index (κ3) is 4.94. The summed E-state index contributed by atoms with van der Waals surface area (Å²) in [5.41, 5.74) is 0.832. The van der Waals surface area contributed by atoms with Crippen molar-refractivity contribution in [1.29, 1.82) is 0 Å². The van der Waals surface area contributed by atoms with Gasteiger partial charge in [0.2, 0.25) is 5.91 Å². The Bertz CT molecular complexity index is 777. The van der Waals surface area contributed by atoms with Gasteiger partial charge in [0.05, 0.1) is 24.0 Å². The summed E-state index contributed by atoms with van der Waals surface area (Å²) in [5.74, 6) is 1.75. The van der Waals surface area contributed by atoms with Gasteiger partial charge in [-0.2, -0.15) is 0 Å². The number of ether oxygens (including phenoxy) is 1. The molecule has 8 nitrogen and oxygen atoms in total. The van der Waals surface area contributed by atoms with E-state index in [0.29, 0.717) is 31.7 Å². The summed E-state index contributed by atoms with van der Waals surface area (Å²) < 4.78 is 7.00. The SMILES string of the molecule is COCc1nc([C@H]2CC[C@@H](O)[C@H](NC(=O)CC(C)C)C2)n(-c2cccnc2)n1. The number of pyridine rings is 1. The van der Waals surface area contributed by atoms with Crippen molar-refractivity contribution in [1.82, 2.24) is 25.1 Å². The molecule has 3 atom stereocenters. The number of carbonyl (C=O) groups excluding carboxylic acids is 1. The van der Waals surface area contributed by atoms with Crippen molar-refractivity contribution in [2.75, 3.05) is 7.11 Å². The minimum Gasteiger partial charge on any atom is -0.391 e. The Labute approximate surface area is 165 Å². The summed E-state index contributed by atoms with van der Waals surface area (Å²) in [4.78, 5) is 21.1. The lowest BCUT2D eigenvalue weighted by molar-refractivity contribution is -0.123. The van der Waals surface area contributed by atoms with Gasteiger partial charge in [-0.05, 0) is 37.3 Å². The molecular weight excluding hydrogens is 358 g/mol. The molecular formula is C20H29N5O3. The largest absolute Gasteiger partial charge is 0.391 e. The zero-order valence-corrected chi connectivity index (χ0v) is 16.7. The molecule has 0 bridgehead atoms. The number of nitrogens with zero attached hydrogens (tertiary/aromatic N) is 4. The Morgan fingerprint density at radius 2 is 2.25 bits per heavy atom. The van der Waals surface area contributed by atoms with E-state index < -0.39 is 6.10 Å². The second kappa shape index (κ2) is 9.25. The van der Waals surface area contributed by atoms with E-state index in [1.165, 1.54) is 0 Å². The molecule has 2 heterocycles. The van der Waals surface area contributed by atoms with Crippen molar-refractivity contribution in [3.63, 3.8) is 0 Å². The minimum absolute atomic E-state index is 0.0199. The van der Waals surface area contributed by atoms with Gasteiger partial charge in [0.25, 0.3) is 0 Å². The number of hydrogen-bond acceptors (Lipinski definition) is 6. The zero-order chi connectivity index (χ0) is 20.1. The lowest BCUT2D eigenvalue weighted by atomic mass is 9.83. The van der Waals surface area contributed by atoms with E-state index in [1.807, 2.05) is 26.0 Å². The first-order valence-electron chi connectivity index (χ1n) is 9.80. The van der Waals surface area contributed by atoms with E-state index in [4.69, 9.17) is 9.72 Å². The highest BCUT2D eigenvalue weighted by molar-refractivity contribution is 5.76. The van der Waals surface area contributed by atoms with E-state index >= 15 is 0 Å². The summed E-state index contributed by atoms with van der Waals surface area (Å²) in [6.45, 7) is 4.34. The maximum atomic E-state index is 12.2. The second-order valence-corrected chi connectivity index (χ2v) is 7.79. The van der Waals surface area contributed by atoms with Crippen LogP contribution in [0.5, 0.6) is 0 Å². The Morgan fingerprint density at radius 3 is 2.93 bits per heavy atom. The molecule has 152 valence electrons.